The van der Waals surface area contributed by atoms with Crippen LogP contribution in [0, 0.1) is 29.1 Å². The lowest BCUT2D eigenvalue weighted by Gasteiger charge is -2.04. The van der Waals surface area contributed by atoms with Crippen LogP contribution in [0.15, 0.2) is 0 Å². The molecule has 0 saturated heterocycles. The van der Waals surface area contributed by atoms with Gasteiger partial charge in [-0.05, 0) is 5.46 Å². The summed E-state index contributed by atoms with van der Waals surface area (Å²) in [5, 5.41) is 0. The first kappa shape index (κ1) is 10.0. The van der Waals surface area contributed by atoms with Crippen molar-refractivity contribution in [1.82, 2.24) is 0 Å². The zero-order valence-corrected chi connectivity index (χ0v) is 6.60. The average Bonchev–Trinajstić information content (AvgIpc) is 2.13. The number of benzene rings is 1. The van der Waals surface area contributed by atoms with Gasteiger partial charge in [-0.25, -0.2) is 22.0 Å². The molecule has 0 aromatic heterocycles. The number of halogens is 5. The van der Waals surface area contributed by atoms with E-state index >= 15 is 0 Å². The van der Waals surface area contributed by atoms with E-state index in [-0.39, 0.29) is 7.28 Å². The second-order valence-electron chi connectivity index (χ2n) is 2.40. The summed E-state index contributed by atoms with van der Waals surface area (Å²) in [6, 6.07) is 0. The lowest BCUT2D eigenvalue weighted by Crippen LogP contribution is -2.25. The third-order valence-corrected chi connectivity index (χ3v) is 1.65. The average molecular weight is 194 g/mol. The molecule has 13 heavy (non-hydrogen) atoms. The Balaban J connectivity index is 3.56. The highest BCUT2D eigenvalue weighted by Gasteiger charge is 2.24. The maximum Gasteiger partial charge on any atom is 0.200 e. The smallest absolute Gasteiger partial charge is 0.200 e. The molecule has 0 bridgehead atoms. The molecule has 1 rings (SSSR count). The number of rotatable bonds is 1. The minimum Gasteiger partial charge on any atom is -0.204 e. The summed E-state index contributed by atoms with van der Waals surface area (Å²) in [6.45, 7) is 1.30. The maximum absolute atomic E-state index is 12.7. The molecule has 0 nitrogen and oxygen atoms in total. The van der Waals surface area contributed by atoms with Gasteiger partial charge in [0.1, 0.15) is 0 Å². The van der Waals surface area contributed by atoms with Gasteiger partial charge in [-0.1, -0.05) is 6.82 Å². The van der Waals surface area contributed by atoms with E-state index in [9.17, 15) is 22.0 Å². The molecule has 0 unspecified atom stereocenters. The molecule has 1 aromatic rings. The Bertz CT molecular complexity index is 320. The largest absolute Gasteiger partial charge is 0.204 e. The number of hydrogen-bond donors (Lipinski definition) is 0. The van der Waals surface area contributed by atoms with Crippen molar-refractivity contribution in [3.8, 4) is 0 Å². The molecular weight excluding hydrogens is 190 g/mol. The molecule has 0 saturated carbocycles. The lowest BCUT2D eigenvalue weighted by atomic mass is 9.72. The Morgan fingerprint density at radius 1 is 0.692 bits per heavy atom. The lowest BCUT2D eigenvalue weighted by molar-refractivity contribution is 0.384. The first-order chi connectivity index (χ1) is 6.00. The second kappa shape index (κ2) is 3.36. The van der Waals surface area contributed by atoms with Crippen LogP contribution >= 0.6 is 0 Å². The fraction of sp³-hybridized carbons (Fsp3) is 0.143. The summed E-state index contributed by atoms with van der Waals surface area (Å²) in [5.41, 5.74) is -0.781. The van der Waals surface area contributed by atoms with Gasteiger partial charge >= 0.3 is 0 Å². The molecule has 0 heterocycles. The van der Waals surface area contributed by atoms with Crippen molar-refractivity contribution >= 4 is 12.7 Å². The predicted octanol–water partition coefficient (Wildman–Crippen LogP) is 1.49. The van der Waals surface area contributed by atoms with E-state index in [1.807, 2.05) is 0 Å². The fourth-order valence-electron chi connectivity index (χ4n) is 0.961. The Kier molecular flexibility index (Phi) is 2.59. The molecule has 0 aliphatic carbocycles. The Hall–Kier alpha value is -1.07. The number of hydrogen-bond acceptors (Lipinski definition) is 0. The molecule has 0 aliphatic rings. The van der Waals surface area contributed by atoms with Crippen molar-refractivity contribution in [2.24, 2.45) is 0 Å². The molecule has 0 spiro atoms. The van der Waals surface area contributed by atoms with Crippen molar-refractivity contribution in [1.29, 1.82) is 0 Å². The van der Waals surface area contributed by atoms with Gasteiger partial charge < -0.3 is 0 Å². The van der Waals surface area contributed by atoms with Crippen LogP contribution in [0.5, 0.6) is 0 Å². The van der Waals surface area contributed by atoms with E-state index in [0.717, 1.165) is 0 Å². The van der Waals surface area contributed by atoms with Crippen molar-refractivity contribution in [2.45, 2.75) is 6.82 Å². The predicted molar refractivity (Wildman–Crippen MR) is 38.9 cm³/mol. The Labute approximate surface area is 71.6 Å². The third kappa shape index (κ3) is 1.40. The van der Waals surface area contributed by atoms with Crippen LogP contribution in [0.3, 0.4) is 0 Å². The zero-order chi connectivity index (χ0) is 10.2. The standard InChI is InChI=1S/C7H4BF5/c1-8-2-3(9)5(11)7(13)6(12)4(2)10/h8H,1H3. The third-order valence-electron chi connectivity index (χ3n) is 1.65. The monoisotopic (exact) mass is 194 g/mol. The summed E-state index contributed by atoms with van der Waals surface area (Å²) >= 11 is 0. The Morgan fingerprint density at radius 2 is 1.00 bits per heavy atom. The highest BCUT2D eigenvalue weighted by Crippen LogP contribution is 2.15. The quantitative estimate of drug-likeness (QED) is 0.275. The second-order valence-corrected chi connectivity index (χ2v) is 2.40. The molecule has 0 amide bonds. The Morgan fingerprint density at radius 3 is 1.31 bits per heavy atom. The van der Waals surface area contributed by atoms with Crippen LogP contribution in [0.2, 0.25) is 6.82 Å². The molecule has 0 radical (unpaired) electrons. The van der Waals surface area contributed by atoms with Crippen molar-refractivity contribution < 1.29 is 22.0 Å². The van der Waals surface area contributed by atoms with Crippen LogP contribution in [0.1, 0.15) is 0 Å². The van der Waals surface area contributed by atoms with E-state index in [1.54, 1.807) is 0 Å². The molecule has 70 valence electrons. The fourth-order valence-corrected chi connectivity index (χ4v) is 0.961. The summed E-state index contributed by atoms with van der Waals surface area (Å²) in [7, 11) is -0.244. The van der Waals surface area contributed by atoms with Gasteiger partial charge in [-0.2, -0.15) is 0 Å². The topological polar surface area (TPSA) is 0 Å². The van der Waals surface area contributed by atoms with Crippen LogP contribution in [-0.4, -0.2) is 7.28 Å². The molecule has 0 fully saturated rings. The SMILES string of the molecule is CBc1c(F)c(F)c(F)c(F)c1F. The van der Waals surface area contributed by atoms with Gasteiger partial charge in [-0.3, -0.25) is 0 Å². The van der Waals surface area contributed by atoms with E-state index in [1.165, 1.54) is 6.82 Å². The minimum absolute atomic E-state index is 0.244. The summed E-state index contributed by atoms with van der Waals surface area (Å²) < 4.78 is 62.6. The first-order valence-electron chi connectivity index (χ1n) is 3.51. The molecule has 0 N–H and O–H groups in total. The van der Waals surface area contributed by atoms with E-state index < -0.39 is 34.5 Å². The van der Waals surface area contributed by atoms with Crippen LogP contribution in [0.25, 0.3) is 0 Å². The van der Waals surface area contributed by atoms with E-state index in [4.69, 9.17) is 0 Å². The highest BCUT2D eigenvalue weighted by atomic mass is 19.2. The highest BCUT2D eigenvalue weighted by molar-refractivity contribution is 6.52. The van der Waals surface area contributed by atoms with Gasteiger partial charge in [0.2, 0.25) is 0 Å². The zero-order valence-electron chi connectivity index (χ0n) is 6.60. The van der Waals surface area contributed by atoms with Crippen LogP contribution in [0.4, 0.5) is 22.0 Å². The van der Waals surface area contributed by atoms with E-state index in [2.05, 4.69) is 0 Å². The van der Waals surface area contributed by atoms with Gasteiger partial charge in [-0.15, -0.1) is 0 Å². The molecule has 1 aromatic carbocycles. The molecule has 6 heteroatoms. The molecule has 0 atom stereocenters. The van der Waals surface area contributed by atoms with Gasteiger partial charge in [0, 0.05) is 0 Å². The normalized spacial score (nSPS) is 10.3. The molecule has 0 aliphatic heterocycles. The summed E-state index contributed by atoms with van der Waals surface area (Å²) in [6.07, 6.45) is 0. The van der Waals surface area contributed by atoms with Crippen molar-refractivity contribution in [2.75, 3.05) is 0 Å². The summed E-state index contributed by atoms with van der Waals surface area (Å²) in [4.78, 5) is 0. The van der Waals surface area contributed by atoms with E-state index in [0.29, 0.717) is 0 Å². The minimum atomic E-state index is -2.12. The molecular formula is C7H4BF5. The van der Waals surface area contributed by atoms with Gasteiger partial charge in [0.05, 0.1) is 0 Å². The maximum atomic E-state index is 12.7. The van der Waals surface area contributed by atoms with Crippen LogP contribution in [-0.2, 0) is 0 Å². The van der Waals surface area contributed by atoms with Gasteiger partial charge in [0.15, 0.2) is 36.4 Å². The first-order valence-corrected chi connectivity index (χ1v) is 3.51. The summed E-state index contributed by atoms with van der Waals surface area (Å²) in [5.74, 6) is -9.41. The van der Waals surface area contributed by atoms with Crippen LogP contribution < -0.4 is 5.46 Å². The van der Waals surface area contributed by atoms with Gasteiger partial charge in [0.25, 0.3) is 0 Å². The van der Waals surface area contributed by atoms with Crippen molar-refractivity contribution in [3.63, 3.8) is 0 Å². The van der Waals surface area contributed by atoms with Crippen molar-refractivity contribution in [3.05, 3.63) is 29.1 Å².